The third kappa shape index (κ3) is 2.76. The quantitative estimate of drug-likeness (QED) is 0.697. The van der Waals surface area contributed by atoms with Gasteiger partial charge in [-0.05, 0) is 18.2 Å². The van der Waals surface area contributed by atoms with Gasteiger partial charge in [0.05, 0.1) is 17.6 Å². The maximum absolute atomic E-state index is 13.5. The summed E-state index contributed by atoms with van der Waals surface area (Å²) in [7, 11) is 0. The molecular formula is C16H12ClFN2O. The molecule has 2 N–H and O–H groups in total. The molecule has 0 fully saturated rings. The SMILES string of the molecule is Oc1[nH]c2cc(Cl)ccc2c1C=NCc1ccccc1F. The van der Waals surface area contributed by atoms with E-state index in [0.29, 0.717) is 16.1 Å². The number of aliphatic imine (C=N–C) groups is 1. The largest absolute Gasteiger partial charge is 0.494 e. The van der Waals surface area contributed by atoms with Crippen molar-refractivity contribution in [3.63, 3.8) is 0 Å². The lowest BCUT2D eigenvalue weighted by Gasteiger charge is -1.98. The number of fused-ring (bicyclic) bond motifs is 1. The fraction of sp³-hybridized carbons (Fsp3) is 0.0625. The molecule has 0 saturated heterocycles. The highest BCUT2D eigenvalue weighted by Gasteiger charge is 2.09. The third-order valence-corrected chi connectivity index (χ3v) is 3.45. The van der Waals surface area contributed by atoms with E-state index in [2.05, 4.69) is 9.98 Å². The minimum atomic E-state index is -0.287. The molecule has 2 aromatic carbocycles. The van der Waals surface area contributed by atoms with Crippen LogP contribution in [0.25, 0.3) is 10.9 Å². The fourth-order valence-corrected chi connectivity index (χ4v) is 2.34. The lowest BCUT2D eigenvalue weighted by Crippen LogP contribution is -1.88. The summed E-state index contributed by atoms with van der Waals surface area (Å²) in [4.78, 5) is 7.03. The van der Waals surface area contributed by atoms with Crippen LogP contribution in [0.4, 0.5) is 4.39 Å². The molecular weight excluding hydrogens is 291 g/mol. The van der Waals surface area contributed by atoms with Crippen LogP contribution in [-0.2, 0) is 6.54 Å². The zero-order valence-electron chi connectivity index (χ0n) is 11.0. The van der Waals surface area contributed by atoms with Crippen LogP contribution >= 0.6 is 11.6 Å². The van der Waals surface area contributed by atoms with E-state index in [1.807, 2.05) is 0 Å². The van der Waals surface area contributed by atoms with E-state index in [1.54, 1.807) is 36.4 Å². The van der Waals surface area contributed by atoms with Crippen molar-refractivity contribution in [3.05, 3.63) is 64.4 Å². The van der Waals surface area contributed by atoms with Crippen molar-refractivity contribution < 1.29 is 9.50 Å². The molecule has 0 unspecified atom stereocenters. The van der Waals surface area contributed by atoms with Crippen LogP contribution in [0.5, 0.6) is 5.88 Å². The van der Waals surface area contributed by atoms with E-state index in [0.717, 1.165) is 10.9 Å². The van der Waals surface area contributed by atoms with Crippen LogP contribution in [0.1, 0.15) is 11.1 Å². The average Bonchev–Trinajstić information content (AvgIpc) is 2.76. The summed E-state index contributed by atoms with van der Waals surface area (Å²) in [5, 5.41) is 11.3. The van der Waals surface area contributed by atoms with E-state index < -0.39 is 0 Å². The van der Waals surface area contributed by atoms with Gasteiger partial charge in [0, 0.05) is 22.2 Å². The van der Waals surface area contributed by atoms with Crippen molar-refractivity contribution >= 4 is 28.7 Å². The number of hydrogen-bond donors (Lipinski definition) is 2. The van der Waals surface area contributed by atoms with Crippen molar-refractivity contribution in [2.45, 2.75) is 6.54 Å². The van der Waals surface area contributed by atoms with E-state index >= 15 is 0 Å². The number of aromatic nitrogens is 1. The summed E-state index contributed by atoms with van der Waals surface area (Å²) in [6.45, 7) is 0.215. The second kappa shape index (κ2) is 5.58. The molecule has 106 valence electrons. The van der Waals surface area contributed by atoms with E-state index in [9.17, 15) is 9.50 Å². The van der Waals surface area contributed by atoms with Gasteiger partial charge in [-0.25, -0.2) is 4.39 Å². The highest BCUT2D eigenvalue weighted by atomic mass is 35.5. The number of H-pyrrole nitrogens is 1. The van der Waals surface area contributed by atoms with Crippen molar-refractivity contribution in [1.82, 2.24) is 4.98 Å². The van der Waals surface area contributed by atoms with E-state index in [-0.39, 0.29) is 18.2 Å². The Morgan fingerprint density at radius 1 is 1.24 bits per heavy atom. The number of nitrogens with one attached hydrogen (secondary N) is 1. The van der Waals surface area contributed by atoms with Gasteiger partial charge in [0.2, 0.25) is 0 Å². The summed E-state index contributed by atoms with van der Waals surface area (Å²) in [5.41, 5.74) is 1.81. The molecule has 0 radical (unpaired) electrons. The summed E-state index contributed by atoms with van der Waals surface area (Å²) < 4.78 is 13.5. The smallest absolute Gasteiger partial charge is 0.198 e. The second-order valence-electron chi connectivity index (χ2n) is 4.64. The number of aromatic hydroxyl groups is 1. The lowest BCUT2D eigenvalue weighted by molar-refractivity contribution is 0.457. The summed E-state index contributed by atoms with van der Waals surface area (Å²) in [5.74, 6) is -0.269. The molecule has 21 heavy (non-hydrogen) atoms. The lowest BCUT2D eigenvalue weighted by atomic mass is 10.2. The Hall–Kier alpha value is -2.33. The van der Waals surface area contributed by atoms with Crippen molar-refractivity contribution in [3.8, 4) is 5.88 Å². The fourth-order valence-electron chi connectivity index (χ4n) is 2.17. The molecule has 1 heterocycles. The van der Waals surface area contributed by atoms with Crippen LogP contribution in [0.3, 0.4) is 0 Å². The highest BCUT2D eigenvalue weighted by Crippen LogP contribution is 2.27. The third-order valence-electron chi connectivity index (χ3n) is 3.22. The summed E-state index contributed by atoms with van der Waals surface area (Å²) in [6.07, 6.45) is 1.54. The molecule has 0 aliphatic carbocycles. The number of hydrogen-bond acceptors (Lipinski definition) is 2. The first-order chi connectivity index (χ1) is 10.1. The Balaban J connectivity index is 1.90. The molecule has 0 atom stereocenters. The van der Waals surface area contributed by atoms with Crippen LogP contribution in [0.15, 0.2) is 47.5 Å². The van der Waals surface area contributed by atoms with Crippen molar-refractivity contribution in [1.29, 1.82) is 0 Å². The predicted octanol–water partition coefficient (Wildman–Crippen LogP) is 4.29. The maximum Gasteiger partial charge on any atom is 0.198 e. The first kappa shape index (κ1) is 13.6. The molecule has 3 aromatic rings. The Morgan fingerprint density at radius 3 is 2.86 bits per heavy atom. The normalized spacial score (nSPS) is 11.5. The number of halogens is 2. The van der Waals surface area contributed by atoms with Gasteiger partial charge in [0.1, 0.15) is 5.82 Å². The van der Waals surface area contributed by atoms with Gasteiger partial charge >= 0.3 is 0 Å². The molecule has 0 spiro atoms. The van der Waals surface area contributed by atoms with Gasteiger partial charge in [-0.2, -0.15) is 0 Å². The van der Waals surface area contributed by atoms with Gasteiger partial charge < -0.3 is 10.1 Å². The van der Waals surface area contributed by atoms with Crippen molar-refractivity contribution in [2.24, 2.45) is 4.99 Å². The second-order valence-corrected chi connectivity index (χ2v) is 5.07. The first-order valence-corrected chi connectivity index (χ1v) is 6.76. The standard InChI is InChI=1S/C16H12ClFN2O/c17-11-5-6-12-13(16(21)20-15(12)7-11)9-19-8-10-3-1-2-4-14(10)18/h1-7,9,20-21H,8H2. The Morgan fingerprint density at radius 2 is 2.05 bits per heavy atom. The maximum atomic E-state index is 13.5. The minimum absolute atomic E-state index is 0.0181. The molecule has 0 amide bonds. The van der Waals surface area contributed by atoms with Crippen LogP contribution < -0.4 is 0 Å². The van der Waals surface area contributed by atoms with Gasteiger partial charge in [-0.15, -0.1) is 0 Å². The first-order valence-electron chi connectivity index (χ1n) is 6.38. The summed E-state index contributed by atoms with van der Waals surface area (Å²) in [6, 6.07) is 11.8. The molecule has 0 aliphatic rings. The van der Waals surface area contributed by atoms with Gasteiger partial charge in [-0.3, -0.25) is 4.99 Å². The number of aromatic amines is 1. The van der Waals surface area contributed by atoms with Crippen molar-refractivity contribution in [2.75, 3.05) is 0 Å². The molecule has 0 saturated carbocycles. The van der Waals surface area contributed by atoms with Crippen LogP contribution in [-0.4, -0.2) is 16.3 Å². The summed E-state index contributed by atoms with van der Waals surface area (Å²) >= 11 is 5.91. The topological polar surface area (TPSA) is 48.4 Å². The number of nitrogens with zero attached hydrogens (tertiary/aromatic N) is 1. The minimum Gasteiger partial charge on any atom is -0.494 e. The van der Waals surface area contributed by atoms with Crippen LogP contribution in [0, 0.1) is 5.82 Å². The number of benzene rings is 2. The van der Waals surface area contributed by atoms with Gasteiger partial charge in [0.15, 0.2) is 5.88 Å². The molecule has 5 heteroatoms. The Labute approximate surface area is 125 Å². The Bertz CT molecular complexity index is 826. The zero-order chi connectivity index (χ0) is 14.8. The average molecular weight is 303 g/mol. The Kier molecular flexibility index (Phi) is 3.62. The number of rotatable bonds is 3. The monoisotopic (exact) mass is 302 g/mol. The zero-order valence-corrected chi connectivity index (χ0v) is 11.7. The molecule has 1 aromatic heterocycles. The van der Waals surface area contributed by atoms with Crippen LogP contribution in [0.2, 0.25) is 5.02 Å². The van der Waals surface area contributed by atoms with E-state index in [1.165, 1.54) is 12.3 Å². The van der Waals surface area contributed by atoms with E-state index in [4.69, 9.17) is 11.6 Å². The molecule has 3 nitrogen and oxygen atoms in total. The molecule has 0 bridgehead atoms. The predicted molar refractivity (Wildman–Crippen MR) is 82.7 cm³/mol. The van der Waals surface area contributed by atoms with Gasteiger partial charge in [-0.1, -0.05) is 35.9 Å². The van der Waals surface area contributed by atoms with Gasteiger partial charge in [0.25, 0.3) is 0 Å². The highest BCUT2D eigenvalue weighted by molar-refractivity contribution is 6.31. The molecule has 0 aliphatic heterocycles. The molecule has 3 rings (SSSR count).